The summed E-state index contributed by atoms with van der Waals surface area (Å²) in [5, 5.41) is 10.5. The minimum absolute atomic E-state index is 0.0626. The van der Waals surface area contributed by atoms with E-state index < -0.39 is 0 Å². The van der Waals surface area contributed by atoms with Gasteiger partial charge in [-0.1, -0.05) is 25.0 Å². The van der Waals surface area contributed by atoms with Crippen LogP contribution in [0, 0.1) is 29.1 Å². The highest BCUT2D eigenvalue weighted by Crippen LogP contribution is 2.62. The van der Waals surface area contributed by atoms with Crippen LogP contribution in [-0.2, 0) is 4.74 Å². The van der Waals surface area contributed by atoms with Crippen molar-refractivity contribution in [2.45, 2.75) is 64.9 Å². The highest BCUT2D eigenvalue weighted by Gasteiger charge is 2.56. The monoisotopic (exact) mass is 302 g/mol. The smallest absolute Gasteiger partial charge is 0.0959 e. The van der Waals surface area contributed by atoms with Gasteiger partial charge in [-0.15, -0.1) is 0 Å². The molecule has 122 valence electrons. The molecule has 0 heterocycles. The molecule has 0 aromatic rings. The molecule has 0 radical (unpaired) electrons. The van der Waals surface area contributed by atoms with Gasteiger partial charge in [-0.3, -0.25) is 0 Å². The third kappa shape index (κ3) is 1.95. The van der Waals surface area contributed by atoms with Crippen LogP contribution in [0.5, 0.6) is 0 Å². The lowest BCUT2D eigenvalue weighted by Crippen LogP contribution is -2.47. The van der Waals surface area contributed by atoms with Gasteiger partial charge in [0.2, 0.25) is 0 Å². The first-order valence-electron chi connectivity index (χ1n) is 9.16. The molecule has 22 heavy (non-hydrogen) atoms. The summed E-state index contributed by atoms with van der Waals surface area (Å²) >= 11 is 0. The lowest BCUT2D eigenvalue weighted by Gasteiger charge is -2.53. The topological polar surface area (TPSA) is 29.5 Å². The first-order valence-corrected chi connectivity index (χ1v) is 9.16. The Labute approximate surface area is 134 Å². The van der Waals surface area contributed by atoms with Crippen LogP contribution in [0.4, 0.5) is 0 Å². The molecule has 2 fully saturated rings. The molecule has 0 saturated heterocycles. The summed E-state index contributed by atoms with van der Waals surface area (Å²) in [6, 6.07) is 0. The van der Waals surface area contributed by atoms with Crippen molar-refractivity contribution in [2.75, 3.05) is 7.11 Å². The summed E-state index contributed by atoms with van der Waals surface area (Å²) in [5.74, 6) is 4.23. The normalized spacial score (nSPS) is 47.5. The van der Waals surface area contributed by atoms with Crippen LogP contribution in [0.3, 0.4) is 0 Å². The number of aliphatic hydroxyl groups is 1. The van der Waals surface area contributed by atoms with Crippen molar-refractivity contribution in [2.24, 2.45) is 29.1 Å². The molecule has 0 spiro atoms. The Morgan fingerprint density at radius 1 is 1.27 bits per heavy atom. The molecular weight excluding hydrogens is 272 g/mol. The zero-order chi connectivity index (χ0) is 15.5. The van der Waals surface area contributed by atoms with E-state index in [2.05, 4.69) is 19.9 Å². The summed E-state index contributed by atoms with van der Waals surface area (Å²) in [6.07, 6.45) is 10.4. The van der Waals surface area contributed by atoms with Gasteiger partial charge >= 0.3 is 0 Å². The van der Waals surface area contributed by atoms with Crippen molar-refractivity contribution in [3.8, 4) is 0 Å². The molecular formula is C20H30O2. The van der Waals surface area contributed by atoms with Gasteiger partial charge in [0, 0.05) is 6.42 Å². The van der Waals surface area contributed by atoms with Crippen LogP contribution in [0.15, 0.2) is 23.0 Å². The lowest BCUT2D eigenvalue weighted by atomic mass is 9.52. The minimum Gasteiger partial charge on any atom is -0.501 e. The molecule has 4 rings (SSSR count). The second-order valence-corrected chi connectivity index (χ2v) is 8.49. The third-order valence-corrected chi connectivity index (χ3v) is 7.61. The van der Waals surface area contributed by atoms with Gasteiger partial charge in [-0.2, -0.15) is 0 Å². The Morgan fingerprint density at radius 3 is 2.86 bits per heavy atom. The number of aliphatic hydroxyl groups excluding tert-OH is 1. The van der Waals surface area contributed by atoms with Gasteiger partial charge in [0.1, 0.15) is 0 Å². The molecule has 0 aromatic heterocycles. The number of hydrogen-bond acceptors (Lipinski definition) is 2. The average molecular weight is 302 g/mol. The molecule has 0 amide bonds. The Balaban J connectivity index is 1.66. The Hall–Kier alpha value is -0.760. The van der Waals surface area contributed by atoms with Crippen LogP contribution in [0.25, 0.3) is 0 Å². The van der Waals surface area contributed by atoms with Gasteiger partial charge in [-0.05, 0) is 73.7 Å². The van der Waals surface area contributed by atoms with Crippen molar-refractivity contribution in [3.63, 3.8) is 0 Å². The number of rotatable bonds is 1. The second kappa shape index (κ2) is 5.12. The Bertz CT molecular complexity index is 532. The van der Waals surface area contributed by atoms with E-state index in [0.29, 0.717) is 0 Å². The molecule has 4 aliphatic carbocycles. The number of fused-ring (bicyclic) bond motifs is 4. The van der Waals surface area contributed by atoms with E-state index >= 15 is 0 Å². The fraction of sp³-hybridized carbons (Fsp3) is 0.800. The number of methoxy groups -OCH3 is 1. The quantitative estimate of drug-likeness (QED) is 0.725. The molecule has 2 nitrogen and oxygen atoms in total. The zero-order valence-electron chi connectivity index (χ0n) is 14.3. The summed E-state index contributed by atoms with van der Waals surface area (Å²) < 4.78 is 5.50. The van der Waals surface area contributed by atoms with E-state index in [-0.39, 0.29) is 11.5 Å². The van der Waals surface area contributed by atoms with Crippen LogP contribution in [0.1, 0.15) is 58.8 Å². The van der Waals surface area contributed by atoms with Gasteiger partial charge in [-0.25, -0.2) is 0 Å². The molecule has 1 N–H and O–H groups in total. The van der Waals surface area contributed by atoms with E-state index in [0.717, 1.165) is 42.9 Å². The summed E-state index contributed by atoms with van der Waals surface area (Å²) in [7, 11) is 1.80. The number of ether oxygens (including phenoxy) is 1. The summed E-state index contributed by atoms with van der Waals surface area (Å²) in [5.41, 5.74) is 3.61. The number of allylic oxidation sites excluding steroid dienone is 3. The van der Waals surface area contributed by atoms with E-state index in [1.165, 1.54) is 31.4 Å². The predicted molar refractivity (Wildman–Crippen MR) is 88.2 cm³/mol. The highest BCUT2D eigenvalue weighted by atomic mass is 16.5. The van der Waals surface area contributed by atoms with Crippen molar-refractivity contribution < 1.29 is 9.84 Å². The first kappa shape index (κ1) is 14.8. The van der Waals surface area contributed by atoms with Crippen LogP contribution in [0.2, 0.25) is 0 Å². The lowest BCUT2D eigenvalue weighted by molar-refractivity contribution is -0.0454. The maximum Gasteiger partial charge on any atom is 0.0959 e. The second-order valence-electron chi connectivity index (χ2n) is 8.49. The largest absolute Gasteiger partial charge is 0.501 e. The summed E-state index contributed by atoms with van der Waals surface area (Å²) in [6.45, 7) is 4.83. The van der Waals surface area contributed by atoms with Crippen molar-refractivity contribution in [3.05, 3.63) is 23.0 Å². The SMILES string of the molecule is COC1=CCC2=C(C1)C[C@@H](C)C1C2CC[C@@]2(C)C1CC[C@@H]2O. The molecule has 0 aromatic carbocycles. The zero-order valence-corrected chi connectivity index (χ0v) is 14.3. The predicted octanol–water partition coefficient (Wildman–Crippen LogP) is 4.45. The van der Waals surface area contributed by atoms with E-state index in [1.54, 1.807) is 18.3 Å². The van der Waals surface area contributed by atoms with Crippen LogP contribution < -0.4 is 0 Å². The van der Waals surface area contributed by atoms with Gasteiger partial charge in [0.15, 0.2) is 0 Å². The summed E-state index contributed by atoms with van der Waals surface area (Å²) in [4.78, 5) is 0. The molecule has 3 unspecified atom stereocenters. The molecule has 2 heteroatoms. The molecule has 2 saturated carbocycles. The molecule has 0 aliphatic heterocycles. The maximum absolute atomic E-state index is 10.5. The van der Waals surface area contributed by atoms with Crippen molar-refractivity contribution in [1.82, 2.24) is 0 Å². The fourth-order valence-electron chi connectivity index (χ4n) is 6.43. The van der Waals surface area contributed by atoms with E-state index in [4.69, 9.17) is 4.74 Å². The molecule has 0 bridgehead atoms. The minimum atomic E-state index is -0.0626. The van der Waals surface area contributed by atoms with E-state index in [1.807, 2.05) is 0 Å². The third-order valence-electron chi connectivity index (χ3n) is 7.61. The highest BCUT2D eigenvalue weighted by molar-refractivity contribution is 5.33. The van der Waals surface area contributed by atoms with Crippen LogP contribution in [-0.4, -0.2) is 18.3 Å². The average Bonchev–Trinajstić information content (AvgIpc) is 2.82. The van der Waals surface area contributed by atoms with Crippen molar-refractivity contribution in [1.29, 1.82) is 0 Å². The van der Waals surface area contributed by atoms with Crippen molar-refractivity contribution >= 4 is 0 Å². The standard InChI is InChI=1S/C20H30O2/c1-12-10-13-11-14(22-3)4-5-15(13)16-8-9-20(2)17(19(12)16)6-7-18(20)21/h4,12,16-19,21H,5-11H2,1-3H3/t12-,16?,17?,18+,19?,20+/m1/s1. The first-order chi connectivity index (χ1) is 10.5. The van der Waals surface area contributed by atoms with Gasteiger partial charge in [0.25, 0.3) is 0 Å². The van der Waals surface area contributed by atoms with Crippen LogP contribution >= 0.6 is 0 Å². The number of hydrogen-bond donors (Lipinski definition) is 1. The molecule has 6 atom stereocenters. The fourth-order valence-corrected chi connectivity index (χ4v) is 6.43. The van der Waals surface area contributed by atoms with E-state index in [9.17, 15) is 5.11 Å². The Morgan fingerprint density at radius 2 is 2.09 bits per heavy atom. The molecule has 4 aliphatic rings. The van der Waals surface area contributed by atoms with Gasteiger partial charge in [0.05, 0.1) is 19.0 Å². The Kier molecular flexibility index (Phi) is 3.45. The maximum atomic E-state index is 10.5. The van der Waals surface area contributed by atoms with Gasteiger partial charge < -0.3 is 9.84 Å².